The average molecular weight is 583 g/mol. The molecule has 1 amide bonds. The second kappa shape index (κ2) is 9.17. The number of fused-ring (bicyclic) bond motifs is 2. The minimum atomic E-state index is -6.33. The zero-order chi connectivity index (χ0) is 28.5. The Morgan fingerprint density at radius 3 is 2.38 bits per heavy atom. The summed E-state index contributed by atoms with van der Waals surface area (Å²) in [6.45, 7) is 0. The third-order valence-corrected chi connectivity index (χ3v) is 7.56. The SMILES string of the molecule is Cn1nc(C(F)(F)C(F)(F)F)c(C(F)(F)F)c1-n1cc(-c2ccc(Cl)c(C(=O)NC3CC4CCC3C4)c2)nn1. The third-order valence-electron chi connectivity index (χ3n) is 7.23. The van der Waals surface area contributed by atoms with Crippen molar-refractivity contribution in [2.75, 3.05) is 0 Å². The van der Waals surface area contributed by atoms with Gasteiger partial charge in [0.15, 0.2) is 11.5 Å². The molecule has 0 spiro atoms. The van der Waals surface area contributed by atoms with Crippen molar-refractivity contribution in [3.05, 3.63) is 46.2 Å². The number of nitrogens with one attached hydrogen (secondary N) is 1. The fourth-order valence-corrected chi connectivity index (χ4v) is 5.62. The number of rotatable bonds is 5. The Morgan fingerprint density at radius 1 is 1.08 bits per heavy atom. The van der Waals surface area contributed by atoms with Crippen molar-refractivity contribution in [1.29, 1.82) is 0 Å². The Balaban J connectivity index is 1.49. The first-order chi connectivity index (χ1) is 18.1. The van der Waals surface area contributed by atoms with Crippen LogP contribution in [-0.2, 0) is 19.1 Å². The first kappa shape index (κ1) is 27.3. The Hall–Kier alpha value is -3.23. The molecule has 39 heavy (non-hydrogen) atoms. The van der Waals surface area contributed by atoms with Crippen LogP contribution in [0, 0.1) is 11.8 Å². The van der Waals surface area contributed by atoms with E-state index in [1.807, 2.05) is 0 Å². The molecule has 3 aromatic rings. The zero-order valence-electron chi connectivity index (χ0n) is 19.9. The molecule has 3 unspecified atom stereocenters. The molecular weight excluding hydrogens is 564 g/mol. The molecule has 210 valence electrons. The monoisotopic (exact) mass is 582 g/mol. The van der Waals surface area contributed by atoms with Crippen LogP contribution in [0.1, 0.15) is 47.3 Å². The van der Waals surface area contributed by atoms with E-state index in [-0.39, 0.29) is 32.6 Å². The molecule has 0 aliphatic heterocycles. The molecule has 1 N–H and O–H groups in total. The lowest BCUT2D eigenvalue weighted by atomic mass is 9.95. The summed E-state index contributed by atoms with van der Waals surface area (Å²) in [5.74, 6) is -6.59. The summed E-state index contributed by atoms with van der Waals surface area (Å²) in [5.41, 5.74) is -4.65. The highest BCUT2D eigenvalue weighted by Crippen LogP contribution is 2.49. The Kier molecular flexibility index (Phi) is 6.43. The highest BCUT2D eigenvalue weighted by Gasteiger charge is 2.64. The molecule has 2 bridgehead atoms. The van der Waals surface area contributed by atoms with Crippen LogP contribution in [0.3, 0.4) is 0 Å². The van der Waals surface area contributed by atoms with Crippen molar-refractivity contribution in [1.82, 2.24) is 30.1 Å². The van der Waals surface area contributed by atoms with Crippen LogP contribution in [0.15, 0.2) is 24.4 Å². The van der Waals surface area contributed by atoms with E-state index >= 15 is 0 Å². The lowest BCUT2D eigenvalue weighted by molar-refractivity contribution is -0.292. The van der Waals surface area contributed by atoms with Crippen LogP contribution in [0.2, 0.25) is 5.02 Å². The van der Waals surface area contributed by atoms with Gasteiger partial charge in [0.25, 0.3) is 5.91 Å². The van der Waals surface area contributed by atoms with Gasteiger partial charge in [0, 0.05) is 18.7 Å². The summed E-state index contributed by atoms with van der Waals surface area (Å²) in [4.78, 5) is 12.9. The summed E-state index contributed by atoms with van der Waals surface area (Å²) < 4.78 is 109. The Labute approximate surface area is 220 Å². The van der Waals surface area contributed by atoms with Crippen molar-refractivity contribution >= 4 is 17.5 Å². The summed E-state index contributed by atoms with van der Waals surface area (Å²) in [6, 6.07) is 4.13. The van der Waals surface area contributed by atoms with E-state index in [9.17, 15) is 39.9 Å². The van der Waals surface area contributed by atoms with E-state index in [1.54, 1.807) is 0 Å². The fraction of sp³-hybridized carbons (Fsp3) is 0.478. The molecule has 2 aromatic heterocycles. The number of aromatic nitrogens is 5. The number of hydrogen-bond acceptors (Lipinski definition) is 4. The van der Waals surface area contributed by atoms with Gasteiger partial charge in [0.1, 0.15) is 11.3 Å². The van der Waals surface area contributed by atoms with Gasteiger partial charge in [-0.05, 0) is 43.2 Å². The summed E-state index contributed by atoms with van der Waals surface area (Å²) in [6.07, 6.45) is -7.02. The lowest BCUT2D eigenvalue weighted by Crippen LogP contribution is -2.38. The maximum Gasteiger partial charge on any atom is 0.459 e. The van der Waals surface area contributed by atoms with Crippen molar-refractivity contribution in [2.24, 2.45) is 18.9 Å². The standard InChI is InChI=1S/C23H19ClF8N6O/c1-37-20(17(22(27,28)29)18(35-37)21(25,26)23(30,31)32)38-9-16(34-36-38)12-4-5-14(24)13(8-12)19(39)33-15-7-10-2-3-11(15)6-10/h4-5,8-11,15H,2-3,6-7H2,1H3,(H,33,39). The molecule has 16 heteroatoms. The molecule has 1 aromatic carbocycles. The second-order valence-electron chi connectivity index (χ2n) is 9.74. The molecule has 3 atom stereocenters. The van der Waals surface area contributed by atoms with E-state index in [4.69, 9.17) is 11.6 Å². The summed E-state index contributed by atoms with van der Waals surface area (Å²) >= 11 is 6.22. The van der Waals surface area contributed by atoms with Crippen molar-refractivity contribution < 1.29 is 39.9 Å². The molecule has 2 fully saturated rings. The van der Waals surface area contributed by atoms with Crippen LogP contribution in [0.5, 0.6) is 0 Å². The van der Waals surface area contributed by atoms with Crippen LogP contribution in [0.25, 0.3) is 17.1 Å². The first-order valence-electron chi connectivity index (χ1n) is 11.7. The molecule has 2 aliphatic carbocycles. The first-order valence-corrected chi connectivity index (χ1v) is 12.1. The van der Waals surface area contributed by atoms with E-state index < -0.39 is 41.3 Å². The number of benzene rings is 1. The van der Waals surface area contributed by atoms with Gasteiger partial charge in [-0.1, -0.05) is 29.3 Å². The van der Waals surface area contributed by atoms with E-state index in [0.29, 0.717) is 16.5 Å². The maximum absolute atomic E-state index is 14.0. The fourth-order valence-electron chi connectivity index (χ4n) is 5.42. The van der Waals surface area contributed by atoms with Gasteiger partial charge in [0.05, 0.1) is 16.8 Å². The van der Waals surface area contributed by atoms with E-state index in [0.717, 1.165) is 38.9 Å². The van der Waals surface area contributed by atoms with Crippen molar-refractivity contribution in [2.45, 2.75) is 50.0 Å². The molecule has 2 saturated carbocycles. The number of carbonyl (C=O) groups is 1. The van der Waals surface area contributed by atoms with Gasteiger partial charge < -0.3 is 5.32 Å². The Bertz CT molecular complexity index is 1430. The smallest absolute Gasteiger partial charge is 0.349 e. The number of nitrogens with zero attached hydrogens (tertiary/aromatic N) is 5. The summed E-state index contributed by atoms with van der Waals surface area (Å²) in [5, 5.41) is 13.2. The minimum absolute atomic E-state index is 0.00602. The Morgan fingerprint density at radius 2 is 1.79 bits per heavy atom. The van der Waals surface area contributed by atoms with Gasteiger partial charge in [-0.25, -0.2) is 9.36 Å². The average Bonchev–Trinajstić information content (AvgIpc) is 3.61. The number of amides is 1. The number of carbonyl (C=O) groups excluding carboxylic acids is 1. The number of alkyl halides is 8. The highest BCUT2D eigenvalue weighted by atomic mass is 35.5. The lowest BCUT2D eigenvalue weighted by Gasteiger charge is -2.23. The quantitative estimate of drug-likeness (QED) is 0.379. The number of aryl methyl sites for hydroxylation is 1. The highest BCUT2D eigenvalue weighted by molar-refractivity contribution is 6.34. The van der Waals surface area contributed by atoms with Crippen LogP contribution in [-0.4, -0.2) is 42.9 Å². The van der Waals surface area contributed by atoms with Gasteiger partial charge in [-0.3, -0.25) is 4.79 Å². The van der Waals surface area contributed by atoms with Gasteiger partial charge in [-0.2, -0.15) is 40.2 Å². The molecule has 2 heterocycles. The normalized spacial score (nSPS) is 21.5. The zero-order valence-corrected chi connectivity index (χ0v) is 20.7. The largest absolute Gasteiger partial charge is 0.459 e. The van der Waals surface area contributed by atoms with Crippen LogP contribution in [0.4, 0.5) is 35.1 Å². The van der Waals surface area contributed by atoms with E-state index in [1.165, 1.54) is 18.2 Å². The predicted molar refractivity (Wildman–Crippen MR) is 120 cm³/mol. The molecule has 2 aliphatic rings. The second-order valence-corrected chi connectivity index (χ2v) is 10.1. The van der Waals surface area contributed by atoms with E-state index in [2.05, 4.69) is 20.7 Å². The molecular formula is C23H19ClF8N6O. The third kappa shape index (κ3) is 4.74. The predicted octanol–water partition coefficient (Wildman–Crippen LogP) is 5.91. The molecule has 5 rings (SSSR count). The summed E-state index contributed by atoms with van der Waals surface area (Å²) in [7, 11) is 0.766. The number of halogens is 9. The van der Waals surface area contributed by atoms with Gasteiger partial charge >= 0.3 is 18.3 Å². The van der Waals surface area contributed by atoms with Crippen LogP contribution < -0.4 is 5.32 Å². The van der Waals surface area contributed by atoms with Crippen molar-refractivity contribution in [3.63, 3.8) is 0 Å². The maximum atomic E-state index is 14.0. The van der Waals surface area contributed by atoms with Crippen molar-refractivity contribution in [3.8, 4) is 17.1 Å². The molecule has 7 nitrogen and oxygen atoms in total. The minimum Gasteiger partial charge on any atom is -0.349 e. The van der Waals surface area contributed by atoms with Gasteiger partial charge in [0.2, 0.25) is 0 Å². The van der Waals surface area contributed by atoms with Crippen LogP contribution >= 0.6 is 11.6 Å². The van der Waals surface area contributed by atoms with Gasteiger partial charge in [-0.15, -0.1) is 5.10 Å². The number of hydrogen-bond donors (Lipinski definition) is 1. The molecule has 0 radical (unpaired) electrons. The molecule has 0 saturated heterocycles. The topological polar surface area (TPSA) is 77.6 Å².